The second-order valence-electron chi connectivity index (χ2n) is 8.18. The van der Waals surface area contributed by atoms with E-state index in [0.717, 1.165) is 18.6 Å². The lowest BCUT2D eigenvalue weighted by molar-refractivity contribution is 0.370. The second kappa shape index (κ2) is 21.2. The molecule has 0 aliphatic carbocycles. The van der Waals surface area contributed by atoms with Gasteiger partial charge in [0.1, 0.15) is 0 Å². The smallest absolute Gasteiger partial charge is 0.324 e. The molecule has 0 spiro atoms. The highest BCUT2D eigenvalue weighted by Gasteiger charge is 2.10. The third kappa shape index (κ3) is 26.5. The standard InChI is InChI=1S/C22H47O3PS/c23-26(24,25)21-19-17-15-13-11-9-7-5-3-1-2-4-6-8-10-12-14-16-18-20-22-27/h27H,1-22H2,(H2,23,24,25). The van der Waals surface area contributed by atoms with Crippen LogP contribution < -0.4 is 0 Å². The number of hydrogen-bond acceptors (Lipinski definition) is 2. The van der Waals surface area contributed by atoms with Gasteiger partial charge in [0, 0.05) is 6.16 Å². The van der Waals surface area contributed by atoms with Crippen LogP contribution >= 0.6 is 20.2 Å². The van der Waals surface area contributed by atoms with Crippen LogP contribution in [-0.2, 0) is 4.57 Å². The summed E-state index contributed by atoms with van der Waals surface area (Å²) in [5.41, 5.74) is 0. The Kier molecular flexibility index (Phi) is 21.6. The molecule has 5 heteroatoms. The summed E-state index contributed by atoms with van der Waals surface area (Å²) in [4.78, 5) is 17.6. The Labute approximate surface area is 175 Å². The molecule has 0 aromatic heterocycles. The molecule has 27 heavy (non-hydrogen) atoms. The molecule has 3 nitrogen and oxygen atoms in total. The molecule has 0 aromatic rings. The van der Waals surface area contributed by atoms with Crippen molar-refractivity contribution < 1.29 is 14.4 Å². The van der Waals surface area contributed by atoms with Crippen LogP contribution in [-0.4, -0.2) is 21.7 Å². The number of thiol groups is 1. The molecule has 0 aliphatic heterocycles. The summed E-state index contributed by atoms with van der Waals surface area (Å²) in [7, 11) is -3.76. The van der Waals surface area contributed by atoms with E-state index in [0.29, 0.717) is 6.42 Å². The molecule has 164 valence electrons. The van der Waals surface area contributed by atoms with Crippen molar-refractivity contribution >= 4 is 20.2 Å². The van der Waals surface area contributed by atoms with Gasteiger partial charge in [-0.05, 0) is 18.6 Å². The van der Waals surface area contributed by atoms with E-state index in [-0.39, 0.29) is 6.16 Å². The normalized spacial score (nSPS) is 12.0. The van der Waals surface area contributed by atoms with Gasteiger partial charge in [-0.3, -0.25) is 4.57 Å². The Morgan fingerprint density at radius 3 is 0.889 bits per heavy atom. The van der Waals surface area contributed by atoms with Gasteiger partial charge in [-0.1, -0.05) is 116 Å². The third-order valence-corrected chi connectivity index (χ3v) is 6.57. The summed E-state index contributed by atoms with van der Waals surface area (Å²) in [6, 6.07) is 0. The van der Waals surface area contributed by atoms with E-state index in [4.69, 9.17) is 9.79 Å². The zero-order chi connectivity index (χ0) is 20.1. The van der Waals surface area contributed by atoms with Crippen LogP contribution in [0.1, 0.15) is 128 Å². The van der Waals surface area contributed by atoms with Crippen molar-refractivity contribution in [2.75, 3.05) is 11.9 Å². The Balaban J connectivity index is 3.02. The number of rotatable bonds is 22. The van der Waals surface area contributed by atoms with Crippen LogP contribution in [0.15, 0.2) is 0 Å². The van der Waals surface area contributed by atoms with Gasteiger partial charge in [-0.15, -0.1) is 0 Å². The highest BCUT2D eigenvalue weighted by Crippen LogP contribution is 2.35. The Morgan fingerprint density at radius 2 is 0.667 bits per heavy atom. The molecule has 0 amide bonds. The molecule has 0 saturated heterocycles. The largest absolute Gasteiger partial charge is 0.325 e. The minimum atomic E-state index is -3.76. The van der Waals surface area contributed by atoms with Crippen LogP contribution in [0.2, 0.25) is 0 Å². The van der Waals surface area contributed by atoms with Crippen molar-refractivity contribution in [2.24, 2.45) is 0 Å². The lowest BCUT2D eigenvalue weighted by Crippen LogP contribution is -1.88. The van der Waals surface area contributed by atoms with Gasteiger partial charge in [0.05, 0.1) is 0 Å². The summed E-state index contributed by atoms with van der Waals surface area (Å²) in [5, 5.41) is 0. The van der Waals surface area contributed by atoms with E-state index in [1.807, 2.05) is 0 Å². The van der Waals surface area contributed by atoms with E-state index in [2.05, 4.69) is 12.6 Å². The fourth-order valence-corrected chi connectivity index (χ4v) is 4.47. The van der Waals surface area contributed by atoms with Gasteiger partial charge < -0.3 is 9.79 Å². The SMILES string of the molecule is O=P(O)(O)CCCCCCCCCCCCCCCCCCCCCCS. The summed E-state index contributed by atoms with van der Waals surface area (Å²) < 4.78 is 10.7. The molecule has 0 aromatic carbocycles. The van der Waals surface area contributed by atoms with Crippen molar-refractivity contribution in [1.29, 1.82) is 0 Å². The first kappa shape index (κ1) is 27.5. The van der Waals surface area contributed by atoms with Gasteiger partial charge in [-0.25, -0.2) is 0 Å². The summed E-state index contributed by atoms with van der Waals surface area (Å²) >= 11 is 4.25. The molecule has 0 unspecified atom stereocenters. The van der Waals surface area contributed by atoms with Gasteiger partial charge >= 0.3 is 7.60 Å². The van der Waals surface area contributed by atoms with Crippen LogP contribution in [0.25, 0.3) is 0 Å². The van der Waals surface area contributed by atoms with E-state index >= 15 is 0 Å². The molecular weight excluding hydrogens is 375 g/mol. The predicted octanol–water partition coefficient (Wildman–Crippen LogP) is 7.90. The minimum Gasteiger partial charge on any atom is -0.324 e. The molecule has 0 fully saturated rings. The Bertz CT molecular complexity index is 334. The van der Waals surface area contributed by atoms with Gasteiger partial charge in [0.25, 0.3) is 0 Å². The first-order valence-electron chi connectivity index (χ1n) is 11.7. The minimum absolute atomic E-state index is 0.0592. The highest BCUT2D eigenvalue weighted by atomic mass is 32.1. The summed E-state index contributed by atoms with van der Waals surface area (Å²) in [6.45, 7) is 0. The van der Waals surface area contributed by atoms with Crippen LogP contribution in [0.3, 0.4) is 0 Å². The fourth-order valence-electron chi connectivity index (χ4n) is 3.61. The monoisotopic (exact) mass is 422 g/mol. The average Bonchev–Trinajstić information content (AvgIpc) is 2.62. The van der Waals surface area contributed by atoms with Gasteiger partial charge in [0.15, 0.2) is 0 Å². The van der Waals surface area contributed by atoms with Crippen molar-refractivity contribution in [3.05, 3.63) is 0 Å². The zero-order valence-corrected chi connectivity index (χ0v) is 19.5. The Morgan fingerprint density at radius 1 is 0.444 bits per heavy atom. The molecule has 0 aliphatic rings. The third-order valence-electron chi connectivity index (χ3n) is 5.36. The second-order valence-corrected chi connectivity index (χ2v) is 10.4. The lowest BCUT2D eigenvalue weighted by Gasteiger charge is -2.04. The lowest BCUT2D eigenvalue weighted by atomic mass is 10.0. The Hall–Kier alpha value is 0.500. The van der Waals surface area contributed by atoms with Gasteiger partial charge in [-0.2, -0.15) is 12.6 Å². The van der Waals surface area contributed by atoms with Crippen LogP contribution in [0, 0.1) is 0 Å². The van der Waals surface area contributed by atoms with Crippen LogP contribution in [0.4, 0.5) is 0 Å². The first-order chi connectivity index (χ1) is 13.1. The maximum absolute atomic E-state index is 10.7. The maximum atomic E-state index is 10.7. The summed E-state index contributed by atoms with van der Waals surface area (Å²) in [6.07, 6.45) is 26.2. The molecule has 2 N–H and O–H groups in total. The molecule has 0 bridgehead atoms. The first-order valence-corrected chi connectivity index (χ1v) is 14.1. The molecule has 0 rings (SSSR count). The molecule has 0 radical (unpaired) electrons. The van der Waals surface area contributed by atoms with E-state index in [9.17, 15) is 4.57 Å². The maximum Gasteiger partial charge on any atom is 0.325 e. The predicted molar refractivity (Wildman–Crippen MR) is 123 cm³/mol. The highest BCUT2D eigenvalue weighted by molar-refractivity contribution is 7.80. The number of unbranched alkanes of at least 4 members (excludes halogenated alkanes) is 19. The zero-order valence-electron chi connectivity index (χ0n) is 17.8. The average molecular weight is 423 g/mol. The molecule has 0 heterocycles. The van der Waals surface area contributed by atoms with Gasteiger partial charge in [0.2, 0.25) is 0 Å². The fraction of sp³-hybridized carbons (Fsp3) is 1.00. The topological polar surface area (TPSA) is 57.5 Å². The van der Waals surface area contributed by atoms with Crippen LogP contribution in [0.5, 0.6) is 0 Å². The number of hydrogen-bond donors (Lipinski definition) is 3. The summed E-state index contributed by atoms with van der Waals surface area (Å²) in [5.74, 6) is 1.05. The van der Waals surface area contributed by atoms with Crippen molar-refractivity contribution in [1.82, 2.24) is 0 Å². The molecule has 0 atom stereocenters. The molecular formula is C22H47O3PS. The van der Waals surface area contributed by atoms with E-state index < -0.39 is 7.60 Å². The van der Waals surface area contributed by atoms with E-state index in [1.54, 1.807) is 0 Å². The van der Waals surface area contributed by atoms with Crippen molar-refractivity contribution in [3.63, 3.8) is 0 Å². The quantitative estimate of drug-likeness (QED) is 0.0944. The van der Waals surface area contributed by atoms with Crippen molar-refractivity contribution in [2.45, 2.75) is 128 Å². The molecule has 0 saturated carbocycles. The van der Waals surface area contributed by atoms with E-state index in [1.165, 1.54) is 109 Å². The van der Waals surface area contributed by atoms with Crippen molar-refractivity contribution in [3.8, 4) is 0 Å².